The van der Waals surface area contributed by atoms with Crippen molar-refractivity contribution in [1.29, 1.82) is 0 Å². The number of aromatic nitrogens is 1. The van der Waals surface area contributed by atoms with Crippen LogP contribution in [0.3, 0.4) is 0 Å². The number of anilines is 1. The number of carbonyl (C=O) groups is 1. The van der Waals surface area contributed by atoms with E-state index in [9.17, 15) is 14.9 Å². The summed E-state index contributed by atoms with van der Waals surface area (Å²) in [6, 6.07) is 2.88. The molecule has 1 aromatic heterocycles. The molecular formula is C11H13N3O3. The van der Waals surface area contributed by atoms with E-state index in [0.29, 0.717) is 0 Å². The third-order valence-electron chi connectivity index (χ3n) is 2.96. The average molecular weight is 235 g/mol. The van der Waals surface area contributed by atoms with Gasteiger partial charge in [-0.3, -0.25) is 0 Å². The second-order valence-corrected chi connectivity index (χ2v) is 4.02. The molecule has 0 aromatic carbocycles. The third-order valence-corrected chi connectivity index (χ3v) is 2.96. The normalized spacial score (nSPS) is 20.0. The fraction of sp³-hybridized carbons (Fsp3) is 0.455. The Morgan fingerprint density at radius 2 is 2.29 bits per heavy atom. The van der Waals surface area contributed by atoms with Crippen molar-refractivity contribution in [3.8, 4) is 0 Å². The van der Waals surface area contributed by atoms with E-state index in [-0.39, 0.29) is 11.9 Å². The maximum Gasteiger partial charge on any atom is 0.363 e. The highest BCUT2D eigenvalue weighted by Crippen LogP contribution is 2.24. The standard InChI is InChI=1S/C11H13N3O3/c15-8-10-3-1-2-6-13(10)9-4-5-11(12-7-9)14(16)17/h4-5,7-8,10H,1-3,6H2. The number of nitro groups is 1. The van der Waals surface area contributed by atoms with Crippen LogP contribution in [0.5, 0.6) is 0 Å². The molecule has 0 amide bonds. The van der Waals surface area contributed by atoms with E-state index in [0.717, 1.165) is 37.8 Å². The molecule has 0 spiro atoms. The van der Waals surface area contributed by atoms with Gasteiger partial charge in [-0.25, -0.2) is 0 Å². The van der Waals surface area contributed by atoms with Crippen LogP contribution in [0.25, 0.3) is 0 Å². The summed E-state index contributed by atoms with van der Waals surface area (Å²) in [7, 11) is 0. The van der Waals surface area contributed by atoms with E-state index in [1.54, 1.807) is 6.07 Å². The lowest BCUT2D eigenvalue weighted by molar-refractivity contribution is -0.389. The molecule has 1 aromatic rings. The van der Waals surface area contributed by atoms with Gasteiger partial charge in [0.2, 0.25) is 0 Å². The van der Waals surface area contributed by atoms with Crippen molar-refractivity contribution in [2.75, 3.05) is 11.4 Å². The lowest BCUT2D eigenvalue weighted by atomic mass is 10.0. The van der Waals surface area contributed by atoms with Crippen molar-refractivity contribution in [3.63, 3.8) is 0 Å². The molecule has 2 rings (SSSR count). The van der Waals surface area contributed by atoms with Gasteiger partial charge in [-0.1, -0.05) is 0 Å². The number of nitrogens with zero attached hydrogens (tertiary/aromatic N) is 3. The first-order chi connectivity index (χ1) is 8.22. The average Bonchev–Trinajstić information content (AvgIpc) is 2.39. The monoisotopic (exact) mass is 235 g/mol. The van der Waals surface area contributed by atoms with Crippen LogP contribution in [0.1, 0.15) is 19.3 Å². The van der Waals surface area contributed by atoms with Crippen LogP contribution in [-0.2, 0) is 4.79 Å². The second-order valence-electron chi connectivity index (χ2n) is 4.02. The molecule has 0 radical (unpaired) electrons. The van der Waals surface area contributed by atoms with Crippen molar-refractivity contribution in [2.45, 2.75) is 25.3 Å². The summed E-state index contributed by atoms with van der Waals surface area (Å²) in [5.74, 6) is -0.173. The fourth-order valence-corrected chi connectivity index (χ4v) is 2.08. The topological polar surface area (TPSA) is 76.3 Å². The zero-order valence-corrected chi connectivity index (χ0v) is 9.28. The lowest BCUT2D eigenvalue weighted by Crippen LogP contribution is -2.40. The number of carbonyl (C=O) groups excluding carboxylic acids is 1. The zero-order valence-electron chi connectivity index (χ0n) is 9.28. The van der Waals surface area contributed by atoms with Crippen LogP contribution in [-0.4, -0.2) is 28.8 Å². The number of rotatable bonds is 3. The van der Waals surface area contributed by atoms with Crippen LogP contribution in [0, 0.1) is 10.1 Å². The fourth-order valence-electron chi connectivity index (χ4n) is 2.08. The number of aldehydes is 1. The summed E-state index contributed by atoms with van der Waals surface area (Å²) in [6.07, 6.45) is 5.29. The maximum absolute atomic E-state index is 10.9. The maximum atomic E-state index is 10.9. The molecule has 1 aliphatic heterocycles. The molecule has 1 aliphatic rings. The van der Waals surface area contributed by atoms with Crippen molar-refractivity contribution in [2.24, 2.45) is 0 Å². The van der Waals surface area contributed by atoms with Crippen molar-refractivity contribution < 1.29 is 9.72 Å². The molecule has 0 bridgehead atoms. The van der Waals surface area contributed by atoms with Crippen molar-refractivity contribution >= 4 is 17.8 Å². The highest BCUT2D eigenvalue weighted by atomic mass is 16.6. The van der Waals surface area contributed by atoms with Gasteiger partial charge in [-0.15, -0.1) is 0 Å². The van der Waals surface area contributed by atoms with Gasteiger partial charge < -0.3 is 19.8 Å². The molecule has 90 valence electrons. The highest BCUT2D eigenvalue weighted by Gasteiger charge is 2.23. The van der Waals surface area contributed by atoms with Gasteiger partial charge in [0.25, 0.3) is 0 Å². The van der Waals surface area contributed by atoms with Crippen molar-refractivity contribution in [3.05, 3.63) is 28.4 Å². The Bertz CT molecular complexity index is 418. The summed E-state index contributed by atoms with van der Waals surface area (Å²) < 4.78 is 0. The molecule has 0 N–H and O–H groups in total. The molecule has 1 unspecified atom stereocenters. The second kappa shape index (κ2) is 4.90. The predicted octanol–water partition coefficient (Wildman–Crippen LogP) is 1.55. The molecule has 2 heterocycles. The molecule has 17 heavy (non-hydrogen) atoms. The van der Waals surface area contributed by atoms with E-state index in [4.69, 9.17) is 0 Å². The first kappa shape index (κ1) is 11.5. The van der Waals surface area contributed by atoms with E-state index < -0.39 is 4.92 Å². The summed E-state index contributed by atoms with van der Waals surface area (Å²) in [5.41, 5.74) is 0.771. The van der Waals surface area contributed by atoms with Crippen LogP contribution >= 0.6 is 0 Å². The van der Waals surface area contributed by atoms with Crippen LogP contribution in [0.2, 0.25) is 0 Å². The molecule has 1 fully saturated rings. The Morgan fingerprint density at radius 1 is 1.47 bits per heavy atom. The Morgan fingerprint density at radius 3 is 2.88 bits per heavy atom. The summed E-state index contributed by atoms with van der Waals surface area (Å²) in [6.45, 7) is 0.795. The minimum Gasteiger partial charge on any atom is -0.359 e. The van der Waals surface area contributed by atoms with Gasteiger partial charge in [0.05, 0.1) is 11.7 Å². The minimum absolute atomic E-state index is 0.132. The quantitative estimate of drug-likeness (QED) is 0.451. The van der Waals surface area contributed by atoms with Gasteiger partial charge in [-0.2, -0.15) is 0 Å². The Labute approximate surface area is 98.4 Å². The van der Waals surface area contributed by atoms with Gasteiger partial charge in [0.15, 0.2) is 6.20 Å². The number of hydrogen-bond acceptors (Lipinski definition) is 5. The van der Waals surface area contributed by atoms with Gasteiger partial charge in [-0.05, 0) is 35.2 Å². The molecular weight excluding hydrogens is 222 g/mol. The molecule has 1 atom stereocenters. The minimum atomic E-state index is -0.531. The molecule has 6 heteroatoms. The van der Waals surface area contributed by atoms with Gasteiger partial charge in [0.1, 0.15) is 6.29 Å². The summed E-state index contributed by atoms with van der Waals surface area (Å²) >= 11 is 0. The first-order valence-corrected chi connectivity index (χ1v) is 5.55. The van der Waals surface area contributed by atoms with Crippen LogP contribution in [0.15, 0.2) is 18.3 Å². The van der Waals surface area contributed by atoms with E-state index in [1.165, 1.54) is 12.3 Å². The molecule has 1 saturated heterocycles. The van der Waals surface area contributed by atoms with Gasteiger partial charge in [0, 0.05) is 12.6 Å². The summed E-state index contributed by atoms with van der Waals surface area (Å²) in [5, 5.41) is 10.5. The Hall–Kier alpha value is -1.98. The number of hydrogen-bond donors (Lipinski definition) is 0. The number of piperidine rings is 1. The zero-order chi connectivity index (χ0) is 12.3. The third kappa shape index (κ3) is 2.41. The Kier molecular flexibility index (Phi) is 3.32. The predicted molar refractivity (Wildman–Crippen MR) is 61.9 cm³/mol. The molecule has 6 nitrogen and oxygen atoms in total. The molecule has 0 saturated carbocycles. The van der Waals surface area contributed by atoms with E-state index in [2.05, 4.69) is 4.98 Å². The molecule has 0 aliphatic carbocycles. The van der Waals surface area contributed by atoms with Crippen LogP contribution in [0.4, 0.5) is 11.5 Å². The largest absolute Gasteiger partial charge is 0.363 e. The first-order valence-electron chi connectivity index (χ1n) is 5.55. The smallest absolute Gasteiger partial charge is 0.359 e. The SMILES string of the molecule is O=CC1CCCCN1c1ccc([N+](=O)[O-])nc1. The van der Waals surface area contributed by atoms with E-state index in [1.807, 2.05) is 4.90 Å². The summed E-state index contributed by atoms with van der Waals surface area (Å²) in [4.78, 5) is 26.6. The number of pyridine rings is 1. The highest BCUT2D eigenvalue weighted by molar-refractivity contribution is 5.66. The van der Waals surface area contributed by atoms with E-state index >= 15 is 0 Å². The lowest BCUT2D eigenvalue weighted by Gasteiger charge is -2.33. The van der Waals surface area contributed by atoms with Crippen LogP contribution < -0.4 is 4.90 Å². The van der Waals surface area contributed by atoms with Crippen molar-refractivity contribution in [1.82, 2.24) is 4.98 Å². The Balaban J connectivity index is 2.20. The van der Waals surface area contributed by atoms with Gasteiger partial charge >= 0.3 is 5.82 Å².